The van der Waals surface area contributed by atoms with Gasteiger partial charge in [0.15, 0.2) is 5.96 Å². The number of methoxy groups -OCH3 is 1. The van der Waals surface area contributed by atoms with Crippen LogP contribution >= 0.6 is 0 Å². The molecule has 0 bridgehead atoms. The van der Waals surface area contributed by atoms with Crippen LogP contribution in [0.3, 0.4) is 0 Å². The number of amides is 1. The van der Waals surface area contributed by atoms with Gasteiger partial charge in [-0.3, -0.25) is 9.79 Å². The van der Waals surface area contributed by atoms with Gasteiger partial charge in [0.05, 0.1) is 26.9 Å². The molecule has 0 spiro atoms. The van der Waals surface area contributed by atoms with Crippen molar-refractivity contribution in [3.8, 4) is 11.5 Å². The first-order valence-electron chi connectivity index (χ1n) is 10.7. The number of aliphatic imine (C=N–C) groups is 1. The fraction of sp³-hybridized carbons (Fsp3) is 0.636. The zero-order chi connectivity index (χ0) is 21.3. The number of benzene rings is 1. The van der Waals surface area contributed by atoms with Crippen molar-refractivity contribution in [3.63, 3.8) is 0 Å². The van der Waals surface area contributed by atoms with Crippen LogP contribution in [0.5, 0.6) is 11.5 Å². The van der Waals surface area contributed by atoms with Crippen LogP contribution in [0.25, 0.3) is 0 Å². The Hall–Kier alpha value is -2.48. The largest absolute Gasteiger partial charge is 0.497 e. The van der Waals surface area contributed by atoms with Crippen LogP contribution < -0.4 is 14.8 Å². The number of nitrogens with zero attached hydrogens (tertiary/aromatic N) is 3. The molecule has 166 valence electrons. The van der Waals surface area contributed by atoms with E-state index < -0.39 is 0 Å². The number of ether oxygens (including phenoxy) is 3. The molecule has 1 atom stereocenters. The standard InChI is InChI=1S/C22H34N4O4/c1-17(30-20-6-4-19(28-3)5-7-20)16-24-22(23-2)26-10-8-18(9-11-26)21(27)25-12-14-29-15-13-25/h4-7,17-18H,8-16H2,1-3H3,(H,23,24). The summed E-state index contributed by atoms with van der Waals surface area (Å²) in [6, 6.07) is 7.58. The van der Waals surface area contributed by atoms with Gasteiger partial charge in [0, 0.05) is 39.1 Å². The van der Waals surface area contributed by atoms with E-state index in [-0.39, 0.29) is 17.9 Å². The van der Waals surface area contributed by atoms with Gasteiger partial charge in [-0.15, -0.1) is 0 Å². The minimum Gasteiger partial charge on any atom is -0.497 e. The summed E-state index contributed by atoms with van der Waals surface area (Å²) in [6.07, 6.45) is 1.69. The lowest BCUT2D eigenvalue weighted by molar-refractivity contribution is -0.140. The Bertz CT molecular complexity index is 696. The second kappa shape index (κ2) is 11.1. The zero-order valence-electron chi connectivity index (χ0n) is 18.3. The summed E-state index contributed by atoms with van der Waals surface area (Å²) in [6.45, 7) is 7.06. The van der Waals surface area contributed by atoms with E-state index in [0.29, 0.717) is 32.8 Å². The second-order valence-electron chi connectivity index (χ2n) is 7.73. The maximum absolute atomic E-state index is 12.7. The molecular weight excluding hydrogens is 384 g/mol. The third kappa shape index (κ3) is 6.01. The Labute approximate surface area is 179 Å². The van der Waals surface area contributed by atoms with Gasteiger partial charge in [-0.05, 0) is 44.0 Å². The first-order valence-corrected chi connectivity index (χ1v) is 10.7. The molecule has 1 N–H and O–H groups in total. The maximum atomic E-state index is 12.7. The SMILES string of the molecule is CN=C(NCC(C)Oc1ccc(OC)cc1)N1CCC(C(=O)N2CCOCC2)CC1. The highest BCUT2D eigenvalue weighted by Gasteiger charge is 2.30. The number of likely N-dealkylation sites (tertiary alicyclic amines) is 1. The Kier molecular flexibility index (Phi) is 8.19. The predicted octanol–water partition coefficient (Wildman–Crippen LogP) is 1.61. The Morgan fingerprint density at radius 3 is 2.37 bits per heavy atom. The van der Waals surface area contributed by atoms with Crippen LogP contribution in [0.4, 0.5) is 0 Å². The highest BCUT2D eigenvalue weighted by Crippen LogP contribution is 2.21. The molecule has 2 aliphatic rings. The highest BCUT2D eigenvalue weighted by atomic mass is 16.5. The second-order valence-corrected chi connectivity index (χ2v) is 7.73. The summed E-state index contributed by atoms with van der Waals surface area (Å²) in [5.74, 6) is 2.86. The molecule has 1 unspecified atom stereocenters. The van der Waals surface area contributed by atoms with E-state index in [4.69, 9.17) is 14.2 Å². The van der Waals surface area contributed by atoms with Crippen molar-refractivity contribution in [2.45, 2.75) is 25.9 Å². The number of carbonyl (C=O) groups is 1. The zero-order valence-corrected chi connectivity index (χ0v) is 18.3. The number of nitrogens with one attached hydrogen (secondary N) is 1. The minimum absolute atomic E-state index is 0.0180. The summed E-state index contributed by atoms with van der Waals surface area (Å²) < 4.78 is 16.5. The van der Waals surface area contributed by atoms with Gasteiger partial charge in [-0.1, -0.05) is 0 Å². The van der Waals surface area contributed by atoms with Gasteiger partial charge in [-0.2, -0.15) is 0 Å². The summed E-state index contributed by atoms with van der Waals surface area (Å²) in [5, 5.41) is 3.40. The average molecular weight is 419 g/mol. The molecule has 0 saturated carbocycles. The van der Waals surface area contributed by atoms with Gasteiger partial charge in [-0.25, -0.2) is 0 Å². The molecule has 2 aliphatic heterocycles. The van der Waals surface area contributed by atoms with Crippen molar-refractivity contribution < 1.29 is 19.0 Å². The van der Waals surface area contributed by atoms with E-state index in [1.165, 1.54) is 0 Å². The number of hydrogen-bond donors (Lipinski definition) is 1. The van der Waals surface area contributed by atoms with Crippen molar-refractivity contribution in [3.05, 3.63) is 24.3 Å². The average Bonchev–Trinajstić information content (AvgIpc) is 2.80. The number of carbonyl (C=O) groups excluding carboxylic acids is 1. The van der Waals surface area contributed by atoms with Crippen molar-refractivity contribution in [2.75, 3.05) is 60.1 Å². The fourth-order valence-electron chi connectivity index (χ4n) is 3.88. The smallest absolute Gasteiger partial charge is 0.225 e. The molecule has 3 rings (SSSR count). The van der Waals surface area contributed by atoms with Gasteiger partial charge in [0.25, 0.3) is 0 Å². The van der Waals surface area contributed by atoms with Gasteiger partial charge < -0.3 is 29.3 Å². The van der Waals surface area contributed by atoms with Crippen LogP contribution in [-0.4, -0.2) is 87.9 Å². The summed E-state index contributed by atoms with van der Waals surface area (Å²) in [7, 11) is 3.44. The molecule has 8 nitrogen and oxygen atoms in total. The lowest BCUT2D eigenvalue weighted by Crippen LogP contribution is -2.50. The van der Waals surface area contributed by atoms with Crippen molar-refractivity contribution in [2.24, 2.45) is 10.9 Å². The topological polar surface area (TPSA) is 75.6 Å². The molecule has 2 fully saturated rings. The number of rotatable bonds is 6. The lowest BCUT2D eigenvalue weighted by atomic mass is 9.95. The molecule has 0 aliphatic carbocycles. The molecule has 0 aromatic heterocycles. The molecule has 0 radical (unpaired) electrons. The van der Waals surface area contributed by atoms with E-state index in [0.717, 1.165) is 43.4 Å². The first-order chi connectivity index (χ1) is 14.6. The van der Waals surface area contributed by atoms with Crippen molar-refractivity contribution >= 4 is 11.9 Å². The van der Waals surface area contributed by atoms with Crippen LogP contribution in [0.15, 0.2) is 29.3 Å². The summed E-state index contributed by atoms with van der Waals surface area (Å²) >= 11 is 0. The molecule has 1 aromatic carbocycles. The molecule has 1 aromatic rings. The minimum atomic E-state index is -0.0180. The molecule has 8 heteroatoms. The number of piperidine rings is 1. The predicted molar refractivity (Wildman–Crippen MR) is 116 cm³/mol. The molecule has 2 heterocycles. The van der Waals surface area contributed by atoms with E-state index in [1.807, 2.05) is 36.1 Å². The summed E-state index contributed by atoms with van der Waals surface area (Å²) in [5.41, 5.74) is 0. The first kappa shape index (κ1) is 22.2. The van der Waals surface area contributed by atoms with Crippen molar-refractivity contribution in [1.29, 1.82) is 0 Å². The Morgan fingerprint density at radius 1 is 1.13 bits per heavy atom. The Morgan fingerprint density at radius 2 is 1.77 bits per heavy atom. The summed E-state index contributed by atoms with van der Waals surface area (Å²) in [4.78, 5) is 21.3. The quantitative estimate of drug-likeness (QED) is 0.559. The van der Waals surface area contributed by atoms with Crippen LogP contribution in [0.1, 0.15) is 19.8 Å². The van der Waals surface area contributed by atoms with E-state index >= 15 is 0 Å². The molecule has 2 saturated heterocycles. The van der Waals surface area contributed by atoms with Crippen LogP contribution in [-0.2, 0) is 9.53 Å². The molecular formula is C22H34N4O4. The number of hydrogen-bond acceptors (Lipinski definition) is 5. The normalized spacial score (nSPS) is 19.4. The monoisotopic (exact) mass is 418 g/mol. The van der Waals surface area contributed by atoms with E-state index in [2.05, 4.69) is 15.2 Å². The lowest BCUT2D eigenvalue weighted by Gasteiger charge is -2.37. The molecule has 1 amide bonds. The third-order valence-corrected chi connectivity index (χ3v) is 5.62. The number of morpholine rings is 1. The molecule has 30 heavy (non-hydrogen) atoms. The number of guanidine groups is 1. The van der Waals surface area contributed by atoms with E-state index in [1.54, 1.807) is 14.2 Å². The van der Waals surface area contributed by atoms with E-state index in [9.17, 15) is 4.79 Å². The van der Waals surface area contributed by atoms with Gasteiger partial charge in [0.2, 0.25) is 5.91 Å². The van der Waals surface area contributed by atoms with Crippen LogP contribution in [0, 0.1) is 5.92 Å². The maximum Gasteiger partial charge on any atom is 0.225 e. The van der Waals surface area contributed by atoms with Crippen molar-refractivity contribution in [1.82, 2.24) is 15.1 Å². The van der Waals surface area contributed by atoms with Crippen LogP contribution in [0.2, 0.25) is 0 Å². The highest BCUT2D eigenvalue weighted by molar-refractivity contribution is 5.81. The van der Waals surface area contributed by atoms with Gasteiger partial charge in [0.1, 0.15) is 17.6 Å². The Balaban J connectivity index is 1.42. The third-order valence-electron chi connectivity index (χ3n) is 5.62. The van der Waals surface area contributed by atoms with Gasteiger partial charge >= 0.3 is 0 Å². The fourth-order valence-corrected chi connectivity index (χ4v) is 3.88.